The zero-order valence-corrected chi connectivity index (χ0v) is 15.8. The van der Waals surface area contributed by atoms with E-state index in [-0.39, 0.29) is 18.2 Å². The summed E-state index contributed by atoms with van der Waals surface area (Å²) in [4.78, 5) is 26.7. The van der Waals surface area contributed by atoms with Gasteiger partial charge in [-0.2, -0.15) is 0 Å². The third-order valence-electron chi connectivity index (χ3n) is 4.92. The third kappa shape index (κ3) is 4.50. The van der Waals surface area contributed by atoms with Crippen LogP contribution in [0.5, 0.6) is 0 Å². The average Bonchev–Trinajstić information content (AvgIpc) is 3.03. The highest BCUT2D eigenvalue weighted by Crippen LogP contribution is 2.29. The first-order valence-electron chi connectivity index (χ1n) is 9.46. The van der Waals surface area contributed by atoms with Crippen molar-refractivity contribution in [1.82, 2.24) is 10.6 Å². The predicted molar refractivity (Wildman–Crippen MR) is 102 cm³/mol. The second-order valence-electron chi connectivity index (χ2n) is 6.92. The van der Waals surface area contributed by atoms with Crippen LogP contribution in [-0.4, -0.2) is 56.6 Å². The SMILES string of the molecule is CCN[C@@H]1[C@@H](F)CCCN1c1ccc(N2C[C@H](CNC(C)=O)OC2=O)cc1. The van der Waals surface area contributed by atoms with Gasteiger partial charge in [0.2, 0.25) is 5.91 Å². The van der Waals surface area contributed by atoms with E-state index in [4.69, 9.17) is 4.74 Å². The largest absolute Gasteiger partial charge is 0.442 e. The Morgan fingerprint density at radius 2 is 2.00 bits per heavy atom. The summed E-state index contributed by atoms with van der Waals surface area (Å²) in [6, 6.07) is 7.52. The summed E-state index contributed by atoms with van der Waals surface area (Å²) in [7, 11) is 0. The number of alkyl halides is 1. The Hall–Kier alpha value is -2.35. The summed E-state index contributed by atoms with van der Waals surface area (Å²) in [5, 5.41) is 5.88. The lowest BCUT2D eigenvalue weighted by Gasteiger charge is -2.40. The smallest absolute Gasteiger partial charge is 0.414 e. The van der Waals surface area contributed by atoms with Gasteiger partial charge in [-0.05, 0) is 43.7 Å². The molecule has 2 heterocycles. The molecule has 0 aromatic heterocycles. The average molecular weight is 378 g/mol. The fraction of sp³-hybridized carbons (Fsp3) is 0.579. The molecule has 0 spiro atoms. The molecule has 2 saturated heterocycles. The maximum atomic E-state index is 14.3. The number of anilines is 2. The van der Waals surface area contributed by atoms with E-state index in [1.54, 1.807) is 4.90 Å². The Morgan fingerprint density at radius 3 is 2.67 bits per heavy atom. The number of rotatable bonds is 6. The van der Waals surface area contributed by atoms with Gasteiger partial charge >= 0.3 is 6.09 Å². The van der Waals surface area contributed by atoms with Crippen molar-refractivity contribution in [1.29, 1.82) is 0 Å². The number of nitrogens with zero attached hydrogens (tertiary/aromatic N) is 2. The van der Waals surface area contributed by atoms with Crippen LogP contribution in [0.1, 0.15) is 26.7 Å². The number of hydrogen-bond donors (Lipinski definition) is 2. The van der Waals surface area contributed by atoms with Crippen molar-refractivity contribution in [3.8, 4) is 0 Å². The summed E-state index contributed by atoms with van der Waals surface area (Å²) >= 11 is 0. The zero-order valence-electron chi connectivity index (χ0n) is 15.8. The lowest BCUT2D eigenvalue weighted by Crippen LogP contribution is -2.55. The normalized spacial score (nSPS) is 25.4. The highest BCUT2D eigenvalue weighted by Gasteiger charge is 2.33. The molecule has 2 fully saturated rings. The van der Waals surface area contributed by atoms with E-state index < -0.39 is 12.3 Å². The monoisotopic (exact) mass is 378 g/mol. The molecule has 2 aliphatic rings. The molecule has 1 aromatic rings. The van der Waals surface area contributed by atoms with E-state index in [9.17, 15) is 14.0 Å². The number of hydrogen-bond acceptors (Lipinski definition) is 5. The predicted octanol–water partition coefficient (Wildman–Crippen LogP) is 2.02. The van der Waals surface area contributed by atoms with E-state index >= 15 is 0 Å². The molecule has 0 bridgehead atoms. The van der Waals surface area contributed by atoms with E-state index in [0.717, 1.165) is 24.3 Å². The maximum absolute atomic E-state index is 14.3. The van der Waals surface area contributed by atoms with E-state index in [0.29, 0.717) is 26.1 Å². The van der Waals surface area contributed by atoms with Gasteiger partial charge in [0.05, 0.1) is 13.1 Å². The highest BCUT2D eigenvalue weighted by molar-refractivity contribution is 5.90. The molecule has 0 unspecified atom stereocenters. The number of amides is 2. The number of carbonyl (C=O) groups excluding carboxylic acids is 2. The molecule has 2 amide bonds. The van der Waals surface area contributed by atoms with Crippen molar-refractivity contribution in [3.63, 3.8) is 0 Å². The molecule has 3 atom stereocenters. The number of carbonyl (C=O) groups is 2. The van der Waals surface area contributed by atoms with Crippen molar-refractivity contribution in [2.24, 2.45) is 0 Å². The van der Waals surface area contributed by atoms with Crippen molar-refractivity contribution in [2.75, 3.05) is 36.0 Å². The van der Waals surface area contributed by atoms with Gasteiger partial charge in [-0.1, -0.05) is 6.92 Å². The van der Waals surface area contributed by atoms with E-state index in [1.165, 1.54) is 6.92 Å². The number of halogens is 1. The van der Waals surface area contributed by atoms with E-state index in [1.807, 2.05) is 36.1 Å². The van der Waals surface area contributed by atoms with Crippen LogP contribution in [0.2, 0.25) is 0 Å². The minimum atomic E-state index is -0.901. The standard InChI is InChI=1S/C19H27FN4O3/c1-3-21-18-17(20)5-4-10-23(18)14-6-8-15(9-7-14)24-12-16(27-19(24)26)11-22-13(2)25/h6-9,16-18,21H,3-5,10-12H2,1-2H3,(H,22,25)/t16-,17-,18-/m0/s1. The lowest BCUT2D eigenvalue weighted by molar-refractivity contribution is -0.119. The van der Waals surface area contributed by atoms with Crippen LogP contribution in [0, 0.1) is 0 Å². The first-order chi connectivity index (χ1) is 13.0. The summed E-state index contributed by atoms with van der Waals surface area (Å²) in [6.45, 7) is 5.58. The summed E-state index contributed by atoms with van der Waals surface area (Å²) in [6.07, 6.45) is -0.635. The topological polar surface area (TPSA) is 73.9 Å². The van der Waals surface area contributed by atoms with E-state index in [2.05, 4.69) is 10.6 Å². The van der Waals surface area contributed by atoms with Crippen LogP contribution in [0.4, 0.5) is 20.6 Å². The lowest BCUT2D eigenvalue weighted by atomic mass is 10.0. The minimum absolute atomic E-state index is 0.156. The van der Waals surface area contributed by atoms with Gasteiger partial charge in [0.15, 0.2) is 0 Å². The van der Waals surface area contributed by atoms with Crippen LogP contribution in [-0.2, 0) is 9.53 Å². The van der Waals surface area contributed by atoms with Gasteiger partial charge in [0.1, 0.15) is 18.4 Å². The highest BCUT2D eigenvalue weighted by atomic mass is 19.1. The Kier molecular flexibility index (Phi) is 6.15. The Balaban J connectivity index is 1.68. The molecule has 27 heavy (non-hydrogen) atoms. The first-order valence-corrected chi connectivity index (χ1v) is 9.46. The maximum Gasteiger partial charge on any atom is 0.414 e. The van der Waals surface area contributed by atoms with Crippen molar-refractivity contribution < 1.29 is 18.7 Å². The molecule has 8 heteroatoms. The number of piperidine rings is 1. The van der Waals surface area contributed by atoms with Crippen molar-refractivity contribution >= 4 is 23.4 Å². The van der Waals surface area contributed by atoms with Crippen LogP contribution in [0.15, 0.2) is 24.3 Å². The molecule has 3 rings (SSSR count). The van der Waals surface area contributed by atoms with Crippen LogP contribution < -0.4 is 20.4 Å². The summed E-state index contributed by atoms with van der Waals surface area (Å²) in [5.74, 6) is -0.156. The number of cyclic esters (lactones) is 1. The summed E-state index contributed by atoms with van der Waals surface area (Å²) < 4.78 is 19.6. The third-order valence-corrected chi connectivity index (χ3v) is 4.92. The Morgan fingerprint density at radius 1 is 1.30 bits per heavy atom. The molecule has 0 aliphatic carbocycles. The van der Waals surface area contributed by atoms with Crippen LogP contribution >= 0.6 is 0 Å². The quantitative estimate of drug-likeness (QED) is 0.792. The van der Waals surface area contributed by atoms with Gasteiger partial charge in [-0.15, -0.1) is 0 Å². The van der Waals surface area contributed by atoms with Gasteiger partial charge in [0, 0.05) is 24.8 Å². The zero-order chi connectivity index (χ0) is 19.4. The summed E-state index contributed by atoms with van der Waals surface area (Å²) in [5.41, 5.74) is 1.65. The molecule has 148 valence electrons. The number of ether oxygens (including phenoxy) is 1. The number of benzene rings is 1. The van der Waals surface area contributed by atoms with Gasteiger partial charge in [0.25, 0.3) is 0 Å². The molecule has 2 N–H and O–H groups in total. The Bertz CT molecular complexity index is 669. The van der Waals surface area contributed by atoms with Crippen LogP contribution in [0.25, 0.3) is 0 Å². The molecule has 1 aromatic carbocycles. The minimum Gasteiger partial charge on any atom is -0.442 e. The molecule has 0 radical (unpaired) electrons. The molecule has 0 saturated carbocycles. The van der Waals surface area contributed by atoms with Gasteiger partial charge in [-0.3, -0.25) is 15.0 Å². The van der Waals surface area contributed by atoms with Gasteiger partial charge < -0.3 is 15.0 Å². The first kappa shape index (κ1) is 19.4. The number of nitrogens with one attached hydrogen (secondary N) is 2. The fourth-order valence-electron chi connectivity index (χ4n) is 3.61. The van der Waals surface area contributed by atoms with Crippen molar-refractivity contribution in [3.05, 3.63) is 24.3 Å². The van der Waals surface area contributed by atoms with Crippen LogP contribution in [0.3, 0.4) is 0 Å². The second-order valence-corrected chi connectivity index (χ2v) is 6.92. The molecule has 2 aliphatic heterocycles. The van der Waals surface area contributed by atoms with Crippen molar-refractivity contribution in [2.45, 2.75) is 45.1 Å². The molecule has 7 nitrogen and oxygen atoms in total. The Labute approximate surface area is 158 Å². The molecular formula is C19H27FN4O3. The molecular weight excluding hydrogens is 351 g/mol. The second kappa shape index (κ2) is 8.56. The van der Waals surface area contributed by atoms with Gasteiger partial charge in [-0.25, -0.2) is 9.18 Å². The fourth-order valence-corrected chi connectivity index (χ4v) is 3.61.